The quantitative estimate of drug-likeness (QED) is 0.429. The van der Waals surface area contributed by atoms with Crippen LogP contribution in [0.25, 0.3) is 0 Å². The van der Waals surface area contributed by atoms with Gasteiger partial charge in [0, 0.05) is 17.0 Å². The SMILES string of the molecule is CC(C)N(CCCCOc1ccccc1Sc1ccc(N)c(N)c1)C(C)C. The molecule has 0 saturated carbocycles. The number of hydrogen-bond donors (Lipinski definition) is 2. The molecule has 0 spiro atoms. The first-order valence-corrected chi connectivity index (χ1v) is 10.5. The van der Waals surface area contributed by atoms with Gasteiger partial charge in [0.15, 0.2) is 0 Å². The van der Waals surface area contributed by atoms with Crippen LogP contribution >= 0.6 is 11.8 Å². The highest BCUT2D eigenvalue weighted by molar-refractivity contribution is 7.99. The maximum atomic E-state index is 6.07. The molecule has 0 unspecified atom stereocenters. The first-order chi connectivity index (χ1) is 12.9. The number of nitrogens with two attached hydrogens (primary N) is 2. The van der Waals surface area contributed by atoms with Crippen LogP contribution in [0.2, 0.25) is 0 Å². The molecule has 0 heterocycles. The molecule has 0 aliphatic rings. The van der Waals surface area contributed by atoms with Crippen LogP contribution < -0.4 is 16.2 Å². The van der Waals surface area contributed by atoms with Gasteiger partial charge in [-0.2, -0.15) is 0 Å². The molecule has 4 N–H and O–H groups in total. The standard InChI is InChI=1S/C22H33N3OS/c1-16(2)25(17(3)4)13-7-8-14-26-21-9-5-6-10-22(21)27-18-11-12-19(23)20(24)15-18/h5-6,9-12,15-17H,7-8,13-14,23-24H2,1-4H3. The monoisotopic (exact) mass is 387 g/mol. The van der Waals surface area contributed by atoms with E-state index in [4.69, 9.17) is 16.2 Å². The third-order valence-corrected chi connectivity index (χ3v) is 5.58. The molecule has 27 heavy (non-hydrogen) atoms. The Balaban J connectivity index is 1.87. The Bertz CT molecular complexity index is 710. The van der Waals surface area contributed by atoms with Crippen molar-refractivity contribution in [2.24, 2.45) is 0 Å². The molecule has 2 rings (SSSR count). The summed E-state index contributed by atoms with van der Waals surface area (Å²) in [5, 5.41) is 0. The number of benzene rings is 2. The summed E-state index contributed by atoms with van der Waals surface area (Å²) in [6.07, 6.45) is 2.18. The van der Waals surface area contributed by atoms with E-state index in [9.17, 15) is 0 Å². The van der Waals surface area contributed by atoms with Gasteiger partial charge in [-0.3, -0.25) is 4.90 Å². The fourth-order valence-electron chi connectivity index (χ4n) is 3.09. The summed E-state index contributed by atoms with van der Waals surface area (Å²) in [5.41, 5.74) is 12.9. The number of rotatable bonds is 10. The lowest BCUT2D eigenvalue weighted by atomic mass is 10.2. The molecule has 4 nitrogen and oxygen atoms in total. The van der Waals surface area contributed by atoms with Gasteiger partial charge in [0.05, 0.1) is 22.9 Å². The highest BCUT2D eigenvalue weighted by Gasteiger charge is 2.12. The Morgan fingerprint density at radius 1 is 0.926 bits per heavy atom. The van der Waals surface area contributed by atoms with Crippen molar-refractivity contribution in [2.75, 3.05) is 24.6 Å². The number of para-hydroxylation sites is 1. The van der Waals surface area contributed by atoms with Crippen molar-refractivity contribution >= 4 is 23.1 Å². The first kappa shape index (κ1) is 21.5. The summed E-state index contributed by atoms with van der Waals surface area (Å²) in [6.45, 7) is 10.9. The highest BCUT2D eigenvalue weighted by Crippen LogP contribution is 2.36. The van der Waals surface area contributed by atoms with Crippen molar-refractivity contribution in [3.8, 4) is 5.75 Å². The van der Waals surface area contributed by atoms with E-state index in [1.54, 1.807) is 11.8 Å². The zero-order valence-electron chi connectivity index (χ0n) is 16.9. The maximum Gasteiger partial charge on any atom is 0.133 e. The number of unbranched alkanes of at least 4 members (excludes halogenated alkanes) is 1. The minimum absolute atomic E-state index is 0.579. The number of ether oxygens (including phenoxy) is 1. The van der Waals surface area contributed by atoms with E-state index in [0.717, 1.165) is 41.5 Å². The van der Waals surface area contributed by atoms with Gasteiger partial charge in [-0.1, -0.05) is 23.9 Å². The topological polar surface area (TPSA) is 64.5 Å². The molecule has 148 valence electrons. The molecule has 0 aliphatic carbocycles. The van der Waals surface area contributed by atoms with Crippen molar-refractivity contribution in [1.82, 2.24) is 4.90 Å². The normalized spacial score (nSPS) is 11.5. The largest absolute Gasteiger partial charge is 0.492 e. The molecule has 0 atom stereocenters. The van der Waals surface area contributed by atoms with Gasteiger partial charge in [-0.05, 0) is 77.4 Å². The minimum Gasteiger partial charge on any atom is -0.492 e. The molecule has 2 aromatic carbocycles. The number of hydrogen-bond acceptors (Lipinski definition) is 5. The molecule has 0 aliphatic heterocycles. The van der Waals surface area contributed by atoms with E-state index in [2.05, 4.69) is 38.7 Å². The van der Waals surface area contributed by atoms with E-state index >= 15 is 0 Å². The molecule has 0 fully saturated rings. The Hall–Kier alpha value is -1.85. The molecule has 0 amide bonds. The maximum absolute atomic E-state index is 6.07. The molecule has 0 aromatic heterocycles. The number of nitrogen functional groups attached to an aromatic ring is 2. The van der Waals surface area contributed by atoms with E-state index in [1.807, 2.05) is 36.4 Å². The summed E-state index contributed by atoms with van der Waals surface area (Å²) < 4.78 is 6.07. The average molecular weight is 388 g/mol. The van der Waals surface area contributed by atoms with E-state index < -0.39 is 0 Å². The van der Waals surface area contributed by atoms with Crippen molar-refractivity contribution in [3.63, 3.8) is 0 Å². The van der Waals surface area contributed by atoms with Crippen LogP contribution in [0.5, 0.6) is 5.75 Å². The third-order valence-electron chi connectivity index (χ3n) is 4.53. The summed E-state index contributed by atoms with van der Waals surface area (Å²) in [5.74, 6) is 0.919. The van der Waals surface area contributed by atoms with Crippen molar-refractivity contribution in [3.05, 3.63) is 42.5 Å². The third kappa shape index (κ3) is 6.67. The van der Waals surface area contributed by atoms with Gasteiger partial charge in [0.1, 0.15) is 5.75 Å². The highest BCUT2D eigenvalue weighted by atomic mass is 32.2. The second kappa shape index (κ2) is 10.5. The van der Waals surface area contributed by atoms with Crippen LogP contribution in [0.3, 0.4) is 0 Å². The van der Waals surface area contributed by atoms with Gasteiger partial charge in [-0.15, -0.1) is 0 Å². The Morgan fingerprint density at radius 3 is 2.30 bits per heavy atom. The van der Waals surface area contributed by atoms with Crippen LogP contribution in [0, 0.1) is 0 Å². The summed E-state index contributed by atoms with van der Waals surface area (Å²) in [7, 11) is 0. The van der Waals surface area contributed by atoms with Crippen LogP contribution in [0.15, 0.2) is 52.3 Å². The van der Waals surface area contributed by atoms with E-state index in [0.29, 0.717) is 23.5 Å². The zero-order valence-corrected chi connectivity index (χ0v) is 17.8. The van der Waals surface area contributed by atoms with E-state index in [-0.39, 0.29) is 0 Å². The van der Waals surface area contributed by atoms with Crippen molar-refractivity contribution < 1.29 is 4.74 Å². The lowest BCUT2D eigenvalue weighted by Gasteiger charge is -2.30. The van der Waals surface area contributed by atoms with Gasteiger partial charge in [-0.25, -0.2) is 0 Å². The summed E-state index contributed by atoms with van der Waals surface area (Å²) in [6, 6.07) is 15.0. The molecular formula is C22H33N3OS. The van der Waals surface area contributed by atoms with Crippen molar-refractivity contribution in [2.45, 2.75) is 62.4 Å². The lowest BCUT2D eigenvalue weighted by molar-refractivity contribution is 0.167. The molecular weight excluding hydrogens is 354 g/mol. The Morgan fingerprint density at radius 2 is 1.63 bits per heavy atom. The molecule has 2 aromatic rings. The number of anilines is 2. The average Bonchev–Trinajstić information content (AvgIpc) is 2.61. The van der Waals surface area contributed by atoms with Gasteiger partial charge in [0.25, 0.3) is 0 Å². The van der Waals surface area contributed by atoms with Crippen LogP contribution in [0.1, 0.15) is 40.5 Å². The van der Waals surface area contributed by atoms with E-state index in [1.165, 1.54) is 0 Å². The second-order valence-corrected chi connectivity index (χ2v) is 8.44. The van der Waals surface area contributed by atoms with Gasteiger partial charge in [0.2, 0.25) is 0 Å². The van der Waals surface area contributed by atoms with Gasteiger partial charge >= 0.3 is 0 Å². The van der Waals surface area contributed by atoms with Crippen LogP contribution in [-0.2, 0) is 0 Å². The predicted octanol–water partition coefficient (Wildman–Crippen LogP) is 5.28. The zero-order chi connectivity index (χ0) is 19.8. The fraction of sp³-hybridized carbons (Fsp3) is 0.455. The van der Waals surface area contributed by atoms with Crippen LogP contribution in [-0.4, -0.2) is 30.1 Å². The summed E-state index contributed by atoms with van der Waals surface area (Å²) in [4.78, 5) is 4.67. The second-order valence-electron chi connectivity index (χ2n) is 7.32. The molecule has 0 saturated heterocycles. The lowest BCUT2D eigenvalue weighted by Crippen LogP contribution is -2.37. The minimum atomic E-state index is 0.579. The number of nitrogens with zero attached hydrogens (tertiary/aromatic N) is 1. The fourth-order valence-corrected chi connectivity index (χ4v) is 4.04. The first-order valence-electron chi connectivity index (χ1n) is 9.69. The van der Waals surface area contributed by atoms with Crippen molar-refractivity contribution in [1.29, 1.82) is 0 Å². The molecule has 5 heteroatoms. The summed E-state index contributed by atoms with van der Waals surface area (Å²) >= 11 is 1.64. The predicted molar refractivity (Wildman–Crippen MR) is 118 cm³/mol. The van der Waals surface area contributed by atoms with Crippen LogP contribution in [0.4, 0.5) is 11.4 Å². The molecule has 0 bridgehead atoms. The molecule has 0 radical (unpaired) electrons. The van der Waals surface area contributed by atoms with Gasteiger partial charge < -0.3 is 16.2 Å². The Labute approximate surface area is 168 Å². The smallest absolute Gasteiger partial charge is 0.133 e. The Kier molecular flexibility index (Phi) is 8.32.